The van der Waals surface area contributed by atoms with E-state index in [4.69, 9.17) is 21.4 Å². The summed E-state index contributed by atoms with van der Waals surface area (Å²) in [5, 5.41) is 18.5. The van der Waals surface area contributed by atoms with Crippen LogP contribution >= 0.6 is 11.6 Å². The number of phenolic OH excluding ortho intramolecular Hbond substituents is 1. The number of morpholine rings is 1. The molecular weight excluding hydrogens is 274 g/mol. The van der Waals surface area contributed by atoms with Crippen molar-refractivity contribution in [1.82, 2.24) is 4.90 Å². The SMILES string of the molecule is O=C(O)C1CN(C(=O)c2cc(O)ccc2Cl)CCO1. The molecule has 0 aliphatic carbocycles. The molecule has 1 unspecified atom stereocenters. The summed E-state index contributed by atoms with van der Waals surface area (Å²) in [5.74, 6) is -1.61. The number of nitrogens with zero attached hydrogens (tertiary/aromatic N) is 1. The number of hydrogen-bond acceptors (Lipinski definition) is 4. The fourth-order valence-corrected chi connectivity index (χ4v) is 2.03. The lowest BCUT2D eigenvalue weighted by molar-refractivity contribution is -0.154. The van der Waals surface area contributed by atoms with Crippen molar-refractivity contribution >= 4 is 23.5 Å². The van der Waals surface area contributed by atoms with Gasteiger partial charge >= 0.3 is 5.97 Å². The van der Waals surface area contributed by atoms with E-state index in [0.717, 1.165) is 0 Å². The minimum atomic E-state index is -1.11. The average molecular weight is 286 g/mol. The Morgan fingerprint density at radius 2 is 2.16 bits per heavy atom. The molecule has 1 aliphatic rings. The highest BCUT2D eigenvalue weighted by molar-refractivity contribution is 6.33. The normalized spacial score (nSPS) is 19.2. The van der Waals surface area contributed by atoms with Gasteiger partial charge in [0.2, 0.25) is 0 Å². The van der Waals surface area contributed by atoms with E-state index in [1.54, 1.807) is 0 Å². The van der Waals surface area contributed by atoms with Crippen LogP contribution in [0.1, 0.15) is 10.4 Å². The van der Waals surface area contributed by atoms with Gasteiger partial charge in [0.1, 0.15) is 5.75 Å². The zero-order chi connectivity index (χ0) is 14.0. The quantitative estimate of drug-likeness (QED) is 0.845. The standard InChI is InChI=1S/C12H12ClNO5/c13-9-2-1-7(15)5-8(9)11(16)14-3-4-19-10(6-14)12(17)18/h1-2,5,10,15H,3-4,6H2,(H,17,18). The zero-order valence-electron chi connectivity index (χ0n) is 9.88. The Hall–Kier alpha value is -1.79. The van der Waals surface area contributed by atoms with Crippen LogP contribution in [0.25, 0.3) is 0 Å². The van der Waals surface area contributed by atoms with Gasteiger partial charge in [-0.25, -0.2) is 4.79 Å². The number of carboxylic acids is 1. The molecule has 0 aromatic heterocycles. The maximum atomic E-state index is 12.2. The van der Waals surface area contributed by atoms with Gasteiger partial charge in [0.25, 0.3) is 5.91 Å². The average Bonchev–Trinajstić information content (AvgIpc) is 2.41. The molecule has 1 fully saturated rings. The number of carbonyl (C=O) groups is 2. The summed E-state index contributed by atoms with van der Waals surface area (Å²) in [4.78, 5) is 24.4. The number of carbonyl (C=O) groups excluding carboxylic acids is 1. The molecule has 1 aromatic carbocycles. The van der Waals surface area contributed by atoms with Crippen LogP contribution in [0.2, 0.25) is 5.02 Å². The van der Waals surface area contributed by atoms with Crippen LogP contribution in [0.4, 0.5) is 0 Å². The Labute approximate surface area is 114 Å². The number of hydrogen-bond donors (Lipinski definition) is 2. The van der Waals surface area contributed by atoms with E-state index in [-0.39, 0.29) is 36.0 Å². The highest BCUT2D eigenvalue weighted by Gasteiger charge is 2.30. The van der Waals surface area contributed by atoms with Gasteiger partial charge in [0, 0.05) is 6.54 Å². The number of aliphatic carboxylic acids is 1. The first-order chi connectivity index (χ1) is 8.99. The third-order valence-electron chi connectivity index (χ3n) is 2.81. The molecule has 1 saturated heterocycles. The molecule has 0 saturated carbocycles. The number of aromatic hydroxyl groups is 1. The molecule has 1 aliphatic heterocycles. The molecule has 0 bridgehead atoms. The second-order valence-electron chi connectivity index (χ2n) is 4.11. The van der Waals surface area contributed by atoms with Crippen LogP contribution in [-0.2, 0) is 9.53 Å². The van der Waals surface area contributed by atoms with Crippen molar-refractivity contribution in [2.24, 2.45) is 0 Å². The Morgan fingerprint density at radius 3 is 2.84 bits per heavy atom. The van der Waals surface area contributed by atoms with Gasteiger partial charge in [-0.05, 0) is 18.2 Å². The van der Waals surface area contributed by atoms with E-state index < -0.39 is 18.0 Å². The van der Waals surface area contributed by atoms with Crippen molar-refractivity contribution in [3.8, 4) is 5.75 Å². The first kappa shape index (κ1) is 13.6. The third-order valence-corrected chi connectivity index (χ3v) is 3.14. The molecule has 0 spiro atoms. The summed E-state index contributed by atoms with van der Waals surface area (Å²) in [6.45, 7) is 0.397. The second kappa shape index (κ2) is 5.46. The van der Waals surface area contributed by atoms with Crippen molar-refractivity contribution < 1.29 is 24.5 Å². The molecule has 1 atom stereocenters. The monoisotopic (exact) mass is 285 g/mol. The van der Waals surface area contributed by atoms with Gasteiger partial charge in [-0.2, -0.15) is 0 Å². The van der Waals surface area contributed by atoms with Crippen molar-refractivity contribution in [2.45, 2.75) is 6.10 Å². The molecule has 0 radical (unpaired) electrons. The van der Waals surface area contributed by atoms with E-state index in [1.807, 2.05) is 0 Å². The lowest BCUT2D eigenvalue weighted by Crippen LogP contribution is -2.48. The molecule has 19 heavy (non-hydrogen) atoms. The molecule has 7 heteroatoms. The minimum Gasteiger partial charge on any atom is -0.508 e. The van der Waals surface area contributed by atoms with Crippen LogP contribution in [0.15, 0.2) is 18.2 Å². The molecule has 2 N–H and O–H groups in total. The van der Waals surface area contributed by atoms with Gasteiger partial charge in [-0.15, -0.1) is 0 Å². The van der Waals surface area contributed by atoms with Crippen LogP contribution in [0.3, 0.4) is 0 Å². The van der Waals surface area contributed by atoms with E-state index in [2.05, 4.69) is 0 Å². The number of rotatable bonds is 2. The number of benzene rings is 1. The fourth-order valence-electron chi connectivity index (χ4n) is 1.83. The predicted octanol–water partition coefficient (Wildman–Crippen LogP) is 0.971. The lowest BCUT2D eigenvalue weighted by atomic mass is 10.1. The Morgan fingerprint density at radius 1 is 1.42 bits per heavy atom. The summed E-state index contributed by atoms with van der Waals surface area (Å²) in [5.41, 5.74) is 0.146. The van der Waals surface area contributed by atoms with Crippen LogP contribution in [-0.4, -0.2) is 52.8 Å². The largest absolute Gasteiger partial charge is 0.508 e. The van der Waals surface area contributed by atoms with Crippen molar-refractivity contribution in [3.05, 3.63) is 28.8 Å². The first-order valence-corrected chi connectivity index (χ1v) is 5.99. The van der Waals surface area contributed by atoms with Gasteiger partial charge in [-0.3, -0.25) is 4.79 Å². The topological polar surface area (TPSA) is 87.1 Å². The van der Waals surface area contributed by atoms with E-state index >= 15 is 0 Å². The smallest absolute Gasteiger partial charge is 0.334 e. The highest BCUT2D eigenvalue weighted by Crippen LogP contribution is 2.23. The van der Waals surface area contributed by atoms with Crippen molar-refractivity contribution in [3.63, 3.8) is 0 Å². The summed E-state index contributed by atoms with van der Waals surface area (Å²) in [7, 11) is 0. The summed E-state index contributed by atoms with van der Waals surface area (Å²) < 4.78 is 5.03. The van der Waals surface area contributed by atoms with E-state index in [0.29, 0.717) is 0 Å². The molecule has 6 nitrogen and oxygen atoms in total. The Balaban J connectivity index is 2.19. The second-order valence-corrected chi connectivity index (χ2v) is 4.52. The van der Waals surface area contributed by atoms with Gasteiger partial charge in [-0.1, -0.05) is 11.6 Å². The maximum absolute atomic E-state index is 12.2. The maximum Gasteiger partial charge on any atom is 0.334 e. The highest BCUT2D eigenvalue weighted by atomic mass is 35.5. The van der Waals surface area contributed by atoms with Crippen LogP contribution in [0.5, 0.6) is 5.75 Å². The Bertz CT molecular complexity index is 519. The number of ether oxygens (including phenoxy) is 1. The number of phenols is 1. The van der Waals surface area contributed by atoms with Crippen molar-refractivity contribution in [1.29, 1.82) is 0 Å². The van der Waals surface area contributed by atoms with Gasteiger partial charge in [0.05, 0.1) is 23.7 Å². The summed E-state index contributed by atoms with van der Waals surface area (Å²) >= 11 is 5.90. The number of amides is 1. The Kier molecular flexibility index (Phi) is 3.92. The fraction of sp³-hybridized carbons (Fsp3) is 0.333. The zero-order valence-corrected chi connectivity index (χ0v) is 10.6. The molecule has 1 aromatic rings. The number of carboxylic acid groups (broad SMARTS) is 1. The molecule has 1 amide bonds. The molecule has 2 rings (SSSR count). The summed E-state index contributed by atoms with van der Waals surface area (Å²) in [6.07, 6.45) is -1.03. The summed E-state index contributed by atoms with van der Waals surface area (Å²) in [6, 6.07) is 4.05. The molecule has 1 heterocycles. The minimum absolute atomic E-state index is 0.0415. The van der Waals surface area contributed by atoms with Crippen LogP contribution in [0, 0.1) is 0 Å². The van der Waals surface area contributed by atoms with Gasteiger partial charge in [0.15, 0.2) is 6.10 Å². The van der Waals surface area contributed by atoms with E-state index in [1.165, 1.54) is 23.1 Å². The van der Waals surface area contributed by atoms with Crippen molar-refractivity contribution in [2.75, 3.05) is 19.7 Å². The van der Waals surface area contributed by atoms with E-state index in [9.17, 15) is 14.7 Å². The number of halogens is 1. The van der Waals surface area contributed by atoms with Gasteiger partial charge < -0.3 is 19.8 Å². The third kappa shape index (κ3) is 2.97. The lowest BCUT2D eigenvalue weighted by Gasteiger charge is -2.31. The molecule has 102 valence electrons. The first-order valence-electron chi connectivity index (χ1n) is 5.61. The molecular formula is C12H12ClNO5. The van der Waals surface area contributed by atoms with Crippen LogP contribution < -0.4 is 0 Å². The predicted molar refractivity (Wildman–Crippen MR) is 66.4 cm³/mol.